The van der Waals surface area contributed by atoms with E-state index in [0.29, 0.717) is 19.7 Å². The lowest BCUT2D eigenvalue weighted by molar-refractivity contribution is -0.136. The molecule has 2 N–H and O–H groups in total. The number of anilines is 1. The molecule has 7 heteroatoms. The molecule has 1 aliphatic rings. The Labute approximate surface area is 114 Å². The highest BCUT2D eigenvalue weighted by atomic mass is 19.4. The van der Waals surface area contributed by atoms with Crippen LogP contribution in [0.3, 0.4) is 0 Å². The molecule has 0 unspecified atom stereocenters. The number of ether oxygens (including phenoxy) is 1. The molecule has 2 rings (SSSR count). The molecule has 1 atom stereocenters. The number of nitrogens with zero attached hydrogens (tertiary/aromatic N) is 1. The molecule has 4 nitrogen and oxygen atoms in total. The lowest BCUT2D eigenvalue weighted by atomic mass is 10.1. The average Bonchev–Trinajstić information content (AvgIpc) is 2.36. The van der Waals surface area contributed by atoms with E-state index < -0.39 is 17.4 Å². The quantitative estimate of drug-likeness (QED) is 0.806. The molecule has 1 heterocycles. The van der Waals surface area contributed by atoms with Crippen LogP contribution < -0.4 is 5.73 Å². The van der Waals surface area contributed by atoms with Crippen molar-refractivity contribution < 1.29 is 22.7 Å². The largest absolute Gasteiger partial charge is 0.418 e. The Morgan fingerprint density at radius 1 is 1.45 bits per heavy atom. The fourth-order valence-electron chi connectivity index (χ4n) is 2.14. The highest BCUT2D eigenvalue weighted by Gasteiger charge is 2.33. The van der Waals surface area contributed by atoms with Crippen molar-refractivity contribution in [3.8, 4) is 0 Å². The van der Waals surface area contributed by atoms with E-state index in [4.69, 9.17) is 10.5 Å². The summed E-state index contributed by atoms with van der Waals surface area (Å²) in [5.74, 6) is -0.333. The Hall–Kier alpha value is -1.76. The summed E-state index contributed by atoms with van der Waals surface area (Å²) in [5.41, 5.74) is 4.18. The van der Waals surface area contributed by atoms with Crippen molar-refractivity contribution in [2.24, 2.45) is 0 Å². The van der Waals surface area contributed by atoms with Gasteiger partial charge in [0, 0.05) is 24.3 Å². The lowest BCUT2D eigenvalue weighted by Crippen LogP contribution is -2.44. The van der Waals surface area contributed by atoms with E-state index >= 15 is 0 Å². The maximum atomic E-state index is 12.6. The number of nitrogen functional groups attached to an aromatic ring is 1. The van der Waals surface area contributed by atoms with Crippen molar-refractivity contribution in [3.63, 3.8) is 0 Å². The van der Waals surface area contributed by atoms with Gasteiger partial charge in [0.2, 0.25) is 0 Å². The molecular weight excluding hydrogens is 273 g/mol. The van der Waals surface area contributed by atoms with Gasteiger partial charge in [0.05, 0.1) is 18.3 Å². The Bertz CT molecular complexity index is 517. The summed E-state index contributed by atoms with van der Waals surface area (Å²) >= 11 is 0. The van der Waals surface area contributed by atoms with Crippen LogP contribution in [0.25, 0.3) is 0 Å². The van der Waals surface area contributed by atoms with Crippen molar-refractivity contribution >= 4 is 11.6 Å². The Morgan fingerprint density at radius 3 is 2.70 bits per heavy atom. The van der Waals surface area contributed by atoms with Crippen molar-refractivity contribution in [2.75, 3.05) is 25.4 Å². The van der Waals surface area contributed by atoms with Crippen LogP contribution in [0.4, 0.5) is 18.9 Å². The lowest BCUT2D eigenvalue weighted by Gasteiger charge is -2.31. The smallest absolute Gasteiger partial charge is 0.398 e. The molecule has 0 saturated carbocycles. The van der Waals surface area contributed by atoms with Gasteiger partial charge in [-0.25, -0.2) is 0 Å². The number of nitrogens with two attached hydrogens (primary N) is 1. The number of hydrogen-bond donors (Lipinski definition) is 1. The summed E-state index contributed by atoms with van der Waals surface area (Å²) in [6.07, 6.45) is -4.60. The molecule has 0 radical (unpaired) electrons. The van der Waals surface area contributed by atoms with E-state index in [0.717, 1.165) is 18.2 Å². The molecule has 110 valence electrons. The van der Waals surface area contributed by atoms with Crippen LogP contribution in [-0.4, -0.2) is 36.6 Å². The van der Waals surface area contributed by atoms with Gasteiger partial charge in [-0.2, -0.15) is 13.2 Å². The number of halogens is 3. The molecule has 1 fully saturated rings. The molecule has 1 aliphatic heterocycles. The van der Waals surface area contributed by atoms with E-state index in [9.17, 15) is 18.0 Å². The van der Waals surface area contributed by atoms with Crippen LogP contribution >= 0.6 is 0 Å². The van der Waals surface area contributed by atoms with Crippen LogP contribution in [0, 0.1) is 0 Å². The van der Waals surface area contributed by atoms with Crippen LogP contribution in [-0.2, 0) is 10.9 Å². The molecule has 0 aliphatic carbocycles. The molecule has 0 spiro atoms. The van der Waals surface area contributed by atoms with Gasteiger partial charge in [-0.1, -0.05) is 0 Å². The van der Waals surface area contributed by atoms with Crippen molar-refractivity contribution in [1.82, 2.24) is 4.90 Å². The summed E-state index contributed by atoms with van der Waals surface area (Å²) in [5, 5.41) is 0. The second-order valence-electron chi connectivity index (χ2n) is 4.73. The third-order valence-corrected chi connectivity index (χ3v) is 3.13. The number of amides is 1. The zero-order valence-corrected chi connectivity index (χ0v) is 10.9. The van der Waals surface area contributed by atoms with Crippen molar-refractivity contribution in [1.29, 1.82) is 0 Å². The maximum Gasteiger partial charge on any atom is 0.418 e. The predicted octanol–water partition coefficient (Wildman–Crippen LogP) is 2.15. The molecule has 1 aromatic carbocycles. The van der Waals surface area contributed by atoms with Crippen LogP contribution in [0.5, 0.6) is 0 Å². The van der Waals surface area contributed by atoms with Crippen molar-refractivity contribution in [2.45, 2.75) is 19.2 Å². The number of morpholine rings is 1. The Kier molecular flexibility index (Phi) is 3.89. The van der Waals surface area contributed by atoms with Crippen molar-refractivity contribution in [3.05, 3.63) is 29.3 Å². The second kappa shape index (κ2) is 5.32. The topological polar surface area (TPSA) is 55.6 Å². The second-order valence-corrected chi connectivity index (χ2v) is 4.73. The number of carbonyl (C=O) groups excluding carboxylic acids is 1. The summed E-state index contributed by atoms with van der Waals surface area (Å²) in [7, 11) is 0. The normalized spacial score (nSPS) is 20.0. The van der Waals surface area contributed by atoms with Gasteiger partial charge in [-0.3, -0.25) is 4.79 Å². The van der Waals surface area contributed by atoms with Crippen LogP contribution in [0.1, 0.15) is 22.8 Å². The van der Waals surface area contributed by atoms with Gasteiger partial charge in [0.15, 0.2) is 0 Å². The minimum Gasteiger partial charge on any atom is -0.398 e. The number of benzene rings is 1. The standard InChI is InChI=1S/C13H15F3N2O2/c1-8-7-18(4-5-20-8)12(19)9-2-3-10(11(17)6-9)13(14,15)16/h2-3,6,8H,4-5,7,17H2,1H3/t8-/m0/s1. The predicted molar refractivity (Wildman–Crippen MR) is 67.2 cm³/mol. The van der Waals surface area contributed by atoms with E-state index in [1.807, 2.05) is 6.92 Å². The fourth-order valence-corrected chi connectivity index (χ4v) is 2.14. The highest BCUT2D eigenvalue weighted by Crippen LogP contribution is 2.34. The Balaban J connectivity index is 2.21. The molecule has 1 aromatic rings. The van der Waals surface area contributed by atoms with Crippen LogP contribution in [0.15, 0.2) is 18.2 Å². The average molecular weight is 288 g/mol. The molecular formula is C13H15F3N2O2. The van der Waals surface area contributed by atoms with Gasteiger partial charge in [0.25, 0.3) is 5.91 Å². The van der Waals surface area contributed by atoms with E-state index in [2.05, 4.69) is 0 Å². The first-order valence-electron chi connectivity index (χ1n) is 6.16. The molecule has 1 amide bonds. The first-order valence-corrected chi connectivity index (χ1v) is 6.16. The first-order chi connectivity index (χ1) is 9.29. The van der Waals surface area contributed by atoms with Gasteiger partial charge in [-0.05, 0) is 25.1 Å². The molecule has 1 saturated heterocycles. The zero-order chi connectivity index (χ0) is 14.9. The van der Waals surface area contributed by atoms with Gasteiger partial charge < -0.3 is 15.4 Å². The SMILES string of the molecule is C[C@H]1CN(C(=O)c2ccc(C(F)(F)F)c(N)c2)CCO1. The fraction of sp³-hybridized carbons (Fsp3) is 0.462. The third-order valence-electron chi connectivity index (χ3n) is 3.13. The first kappa shape index (κ1) is 14.6. The monoisotopic (exact) mass is 288 g/mol. The molecule has 20 heavy (non-hydrogen) atoms. The van der Waals surface area contributed by atoms with Gasteiger partial charge in [0.1, 0.15) is 0 Å². The number of alkyl halides is 3. The van der Waals surface area contributed by atoms with E-state index in [-0.39, 0.29) is 17.6 Å². The maximum absolute atomic E-state index is 12.6. The third kappa shape index (κ3) is 3.04. The Morgan fingerprint density at radius 2 is 2.15 bits per heavy atom. The van der Waals surface area contributed by atoms with Crippen LogP contribution in [0.2, 0.25) is 0 Å². The van der Waals surface area contributed by atoms with Gasteiger partial charge >= 0.3 is 6.18 Å². The number of rotatable bonds is 1. The van der Waals surface area contributed by atoms with E-state index in [1.54, 1.807) is 4.90 Å². The highest BCUT2D eigenvalue weighted by molar-refractivity contribution is 5.95. The molecule has 0 bridgehead atoms. The minimum absolute atomic E-state index is 0.0838. The molecule has 0 aromatic heterocycles. The minimum atomic E-state index is -4.51. The summed E-state index contributed by atoms with van der Waals surface area (Å²) in [4.78, 5) is 13.7. The summed E-state index contributed by atoms with van der Waals surface area (Å²) in [6, 6.07) is 3.07. The number of hydrogen-bond acceptors (Lipinski definition) is 3. The van der Waals surface area contributed by atoms with Gasteiger partial charge in [-0.15, -0.1) is 0 Å². The summed E-state index contributed by atoms with van der Waals surface area (Å²) < 4.78 is 43.1. The zero-order valence-electron chi connectivity index (χ0n) is 10.9. The number of carbonyl (C=O) groups is 1. The van der Waals surface area contributed by atoms with E-state index in [1.165, 1.54) is 0 Å². The summed E-state index contributed by atoms with van der Waals surface area (Å²) in [6.45, 7) is 3.09.